The van der Waals surface area contributed by atoms with E-state index in [-0.39, 0.29) is 11.8 Å². The third-order valence-electron chi connectivity index (χ3n) is 5.44. The molecule has 2 aliphatic rings. The Morgan fingerprint density at radius 2 is 1.90 bits per heavy atom. The summed E-state index contributed by atoms with van der Waals surface area (Å²) in [5.74, 6) is -1.18. The van der Waals surface area contributed by atoms with Crippen LogP contribution >= 0.6 is 23.2 Å². The number of hydrogen-bond donors (Lipinski definition) is 1. The first-order valence-electron chi connectivity index (χ1n) is 9.79. The van der Waals surface area contributed by atoms with Gasteiger partial charge in [0.05, 0.1) is 16.3 Å². The van der Waals surface area contributed by atoms with Gasteiger partial charge in [0.25, 0.3) is 5.91 Å². The van der Waals surface area contributed by atoms with Crippen molar-refractivity contribution >= 4 is 46.7 Å². The first-order chi connectivity index (χ1) is 14.4. The predicted molar refractivity (Wildman–Crippen MR) is 114 cm³/mol. The Hall–Kier alpha value is -2.57. The number of esters is 1. The van der Waals surface area contributed by atoms with E-state index < -0.39 is 18.1 Å². The van der Waals surface area contributed by atoms with Gasteiger partial charge in [0.1, 0.15) is 6.04 Å². The van der Waals surface area contributed by atoms with Crippen LogP contribution in [0.2, 0.25) is 10.0 Å². The molecule has 4 rings (SSSR count). The van der Waals surface area contributed by atoms with Crippen molar-refractivity contribution in [2.75, 3.05) is 11.9 Å². The van der Waals surface area contributed by atoms with Crippen molar-refractivity contribution in [3.05, 3.63) is 63.6 Å². The van der Waals surface area contributed by atoms with Crippen molar-refractivity contribution in [1.29, 1.82) is 0 Å². The average Bonchev–Trinajstić information content (AvgIpc) is 2.75. The second-order valence-corrected chi connectivity index (χ2v) is 8.26. The van der Waals surface area contributed by atoms with Crippen LogP contribution < -0.4 is 5.32 Å². The SMILES string of the molecule is O=C1O[C@H](C(=O)N2CCCC[C@H]2C(=O)Nc2ccc(Cl)cc2Cl)Cc2ccccc21. The van der Waals surface area contributed by atoms with E-state index in [0.29, 0.717) is 40.7 Å². The van der Waals surface area contributed by atoms with Crippen molar-refractivity contribution in [2.45, 2.75) is 37.8 Å². The highest BCUT2D eigenvalue weighted by molar-refractivity contribution is 6.36. The zero-order chi connectivity index (χ0) is 21.3. The molecule has 0 unspecified atom stereocenters. The number of nitrogens with one attached hydrogen (secondary N) is 1. The number of piperidine rings is 1. The highest BCUT2D eigenvalue weighted by Gasteiger charge is 2.39. The minimum atomic E-state index is -0.931. The molecule has 1 saturated heterocycles. The minimum Gasteiger partial charge on any atom is -0.448 e. The molecule has 2 atom stereocenters. The van der Waals surface area contributed by atoms with Gasteiger partial charge in [0.2, 0.25) is 5.91 Å². The Balaban J connectivity index is 1.51. The van der Waals surface area contributed by atoms with E-state index in [1.54, 1.807) is 30.3 Å². The van der Waals surface area contributed by atoms with Crippen LogP contribution in [0.15, 0.2) is 42.5 Å². The number of halogens is 2. The van der Waals surface area contributed by atoms with E-state index in [1.165, 1.54) is 4.90 Å². The van der Waals surface area contributed by atoms with Crippen molar-refractivity contribution < 1.29 is 19.1 Å². The van der Waals surface area contributed by atoms with Crippen molar-refractivity contribution in [1.82, 2.24) is 4.90 Å². The van der Waals surface area contributed by atoms with Gasteiger partial charge in [-0.15, -0.1) is 0 Å². The van der Waals surface area contributed by atoms with Crippen molar-refractivity contribution in [3.63, 3.8) is 0 Å². The molecule has 0 aromatic heterocycles. The largest absolute Gasteiger partial charge is 0.448 e. The molecule has 2 amide bonds. The molecule has 8 heteroatoms. The van der Waals surface area contributed by atoms with Crippen LogP contribution in [0.25, 0.3) is 0 Å². The molecule has 1 fully saturated rings. The molecular weight excluding hydrogens is 427 g/mol. The van der Waals surface area contributed by atoms with Crippen LogP contribution in [0.3, 0.4) is 0 Å². The summed E-state index contributed by atoms with van der Waals surface area (Å²) >= 11 is 12.1. The molecule has 1 N–H and O–H groups in total. The number of ether oxygens (including phenoxy) is 1. The topological polar surface area (TPSA) is 75.7 Å². The first kappa shape index (κ1) is 20.7. The van der Waals surface area contributed by atoms with Gasteiger partial charge in [-0.05, 0) is 49.1 Å². The van der Waals surface area contributed by atoms with Crippen LogP contribution in [0, 0.1) is 0 Å². The van der Waals surface area contributed by atoms with E-state index >= 15 is 0 Å². The number of amides is 2. The lowest BCUT2D eigenvalue weighted by molar-refractivity contribution is -0.148. The number of hydrogen-bond acceptors (Lipinski definition) is 4. The fraction of sp³-hybridized carbons (Fsp3) is 0.318. The molecule has 6 nitrogen and oxygen atoms in total. The normalized spacial score (nSPS) is 20.9. The fourth-order valence-corrected chi connectivity index (χ4v) is 4.38. The van der Waals surface area contributed by atoms with Gasteiger partial charge >= 0.3 is 5.97 Å². The molecule has 156 valence electrons. The van der Waals surface area contributed by atoms with Gasteiger partial charge < -0.3 is 15.0 Å². The van der Waals surface area contributed by atoms with Crippen LogP contribution in [-0.4, -0.2) is 41.4 Å². The van der Waals surface area contributed by atoms with Gasteiger partial charge in [-0.3, -0.25) is 9.59 Å². The first-order valence-corrected chi connectivity index (χ1v) is 10.5. The molecule has 0 bridgehead atoms. The van der Waals surface area contributed by atoms with Gasteiger partial charge in [0.15, 0.2) is 6.10 Å². The second-order valence-electron chi connectivity index (χ2n) is 7.41. The summed E-state index contributed by atoms with van der Waals surface area (Å²) in [6.45, 7) is 0.432. The number of benzene rings is 2. The predicted octanol–water partition coefficient (Wildman–Crippen LogP) is 4.09. The molecule has 2 aromatic rings. The summed E-state index contributed by atoms with van der Waals surface area (Å²) in [5.41, 5.74) is 1.69. The highest BCUT2D eigenvalue weighted by atomic mass is 35.5. The fourth-order valence-electron chi connectivity index (χ4n) is 3.93. The Morgan fingerprint density at radius 1 is 1.10 bits per heavy atom. The smallest absolute Gasteiger partial charge is 0.339 e. The Labute approximate surface area is 184 Å². The van der Waals surface area contributed by atoms with E-state index in [4.69, 9.17) is 27.9 Å². The van der Waals surface area contributed by atoms with E-state index in [9.17, 15) is 14.4 Å². The maximum Gasteiger partial charge on any atom is 0.339 e. The van der Waals surface area contributed by atoms with Gasteiger partial charge in [-0.1, -0.05) is 41.4 Å². The summed E-state index contributed by atoms with van der Waals surface area (Å²) in [6, 6.07) is 11.2. The number of likely N-dealkylation sites (tertiary alicyclic amines) is 1. The molecule has 2 heterocycles. The minimum absolute atomic E-state index is 0.300. The number of carbonyl (C=O) groups excluding carboxylic acids is 3. The van der Waals surface area contributed by atoms with Crippen LogP contribution in [0.5, 0.6) is 0 Å². The van der Waals surface area contributed by atoms with Gasteiger partial charge in [-0.2, -0.15) is 0 Å². The zero-order valence-electron chi connectivity index (χ0n) is 16.1. The highest BCUT2D eigenvalue weighted by Crippen LogP contribution is 2.28. The molecule has 0 spiro atoms. The molecular formula is C22H20Cl2N2O4. The third kappa shape index (κ3) is 4.16. The zero-order valence-corrected chi connectivity index (χ0v) is 17.6. The Kier molecular flexibility index (Phi) is 5.97. The van der Waals surface area contributed by atoms with E-state index in [2.05, 4.69) is 5.32 Å². The molecule has 30 heavy (non-hydrogen) atoms. The van der Waals surface area contributed by atoms with Crippen LogP contribution in [0.4, 0.5) is 5.69 Å². The summed E-state index contributed by atoms with van der Waals surface area (Å²) < 4.78 is 5.41. The summed E-state index contributed by atoms with van der Waals surface area (Å²) in [6.07, 6.45) is 1.51. The lowest BCUT2D eigenvalue weighted by atomic mass is 9.95. The van der Waals surface area contributed by atoms with Crippen LogP contribution in [0.1, 0.15) is 35.2 Å². The lowest BCUT2D eigenvalue weighted by Crippen LogP contribution is -2.54. The standard InChI is InChI=1S/C22H20Cl2N2O4/c23-14-8-9-17(16(24)12-14)25-20(27)18-7-3-4-10-26(18)21(28)19-11-13-5-1-2-6-15(13)22(29)30-19/h1-2,5-6,8-9,12,18-19H,3-4,7,10-11H2,(H,25,27)/t18-,19-/m0/s1. The number of fused-ring (bicyclic) bond motifs is 1. The molecule has 0 aliphatic carbocycles. The van der Waals surface area contributed by atoms with Gasteiger partial charge in [0, 0.05) is 18.0 Å². The maximum atomic E-state index is 13.2. The monoisotopic (exact) mass is 446 g/mol. The molecule has 2 aliphatic heterocycles. The van der Waals surface area contributed by atoms with Crippen molar-refractivity contribution in [3.8, 4) is 0 Å². The summed E-state index contributed by atoms with van der Waals surface area (Å²) in [7, 11) is 0. The maximum absolute atomic E-state index is 13.2. The summed E-state index contributed by atoms with van der Waals surface area (Å²) in [4.78, 5) is 40.0. The van der Waals surface area contributed by atoms with Crippen molar-refractivity contribution in [2.24, 2.45) is 0 Å². The molecule has 2 aromatic carbocycles. The average molecular weight is 447 g/mol. The summed E-state index contributed by atoms with van der Waals surface area (Å²) in [5, 5.41) is 3.57. The van der Waals surface area contributed by atoms with Gasteiger partial charge in [-0.25, -0.2) is 4.79 Å². The van der Waals surface area contributed by atoms with E-state index in [0.717, 1.165) is 18.4 Å². The number of nitrogens with zero attached hydrogens (tertiary/aromatic N) is 1. The molecule has 0 saturated carbocycles. The second kappa shape index (κ2) is 8.66. The lowest BCUT2D eigenvalue weighted by Gasteiger charge is -2.37. The quantitative estimate of drug-likeness (QED) is 0.720. The molecule has 0 radical (unpaired) electrons. The Morgan fingerprint density at radius 3 is 2.70 bits per heavy atom. The number of rotatable bonds is 3. The number of cyclic esters (lactones) is 1. The number of carbonyl (C=O) groups is 3. The van der Waals surface area contributed by atoms with E-state index in [1.807, 2.05) is 12.1 Å². The van der Waals surface area contributed by atoms with Crippen LogP contribution in [-0.2, 0) is 20.7 Å². The Bertz CT molecular complexity index is 1010. The third-order valence-corrected chi connectivity index (χ3v) is 5.99. The number of anilines is 1.